The molecule has 7 nitrogen and oxygen atoms in total. The lowest BCUT2D eigenvalue weighted by molar-refractivity contribution is -0.384. The van der Waals surface area contributed by atoms with E-state index in [1.54, 1.807) is 7.05 Å². The quantitative estimate of drug-likeness (QED) is 0.602. The number of nitrogens with zero attached hydrogens (tertiary/aromatic N) is 2. The fourth-order valence-corrected chi connectivity index (χ4v) is 2.11. The van der Waals surface area contributed by atoms with Crippen LogP contribution in [0.4, 0.5) is 5.69 Å². The number of carbonyl (C=O) groups excluding carboxylic acids is 1. The van der Waals surface area contributed by atoms with Crippen LogP contribution in [-0.2, 0) is 7.05 Å². The molecule has 1 amide bonds. The van der Waals surface area contributed by atoms with Gasteiger partial charge in [-0.15, -0.1) is 0 Å². The largest absolute Gasteiger partial charge is 0.347 e. The first-order valence-corrected chi connectivity index (χ1v) is 5.90. The molecule has 1 fully saturated rings. The van der Waals surface area contributed by atoms with Crippen molar-refractivity contribution in [1.82, 2.24) is 15.2 Å². The Labute approximate surface area is 104 Å². The molecule has 2 N–H and O–H groups in total. The second kappa shape index (κ2) is 5.18. The second-order valence-corrected chi connectivity index (χ2v) is 4.47. The summed E-state index contributed by atoms with van der Waals surface area (Å²) >= 11 is 0. The summed E-state index contributed by atoms with van der Waals surface area (Å²) < 4.78 is 1.48. The van der Waals surface area contributed by atoms with Crippen LogP contribution in [0.5, 0.6) is 0 Å². The van der Waals surface area contributed by atoms with E-state index >= 15 is 0 Å². The van der Waals surface area contributed by atoms with Crippen LogP contribution in [0.25, 0.3) is 0 Å². The van der Waals surface area contributed by atoms with Gasteiger partial charge in [0.05, 0.1) is 11.1 Å². The standard InChI is InChI=1S/C11H16N4O3/c1-14-7-9(15(17)18)5-10(14)11(16)13-8-3-2-4-12-6-8/h5,7-8,12H,2-4,6H2,1H3,(H,13,16). The molecule has 7 heteroatoms. The zero-order chi connectivity index (χ0) is 13.1. The van der Waals surface area contributed by atoms with Crippen LogP contribution >= 0.6 is 0 Å². The van der Waals surface area contributed by atoms with Crippen LogP contribution in [0.2, 0.25) is 0 Å². The molecule has 98 valence electrons. The van der Waals surface area contributed by atoms with E-state index in [1.807, 2.05) is 0 Å². The van der Waals surface area contributed by atoms with E-state index in [1.165, 1.54) is 16.8 Å². The summed E-state index contributed by atoms with van der Waals surface area (Å²) in [4.78, 5) is 22.1. The van der Waals surface area contributed by atoms with Crippen molar-refractivity contribution in [2.24, 2.45) is 7.05 Å². The molecule has 1 aromatic heterocycles. The predicted octanol–water partition coefficient (Wildman–Crippen LogP) is 0.415. The number of nitrogens with one attached hydrogen (secondary N) is 2. The van der Waals surface area contributed by atoms with Crippen molar-refractivity contribution >= 4 is 11.6 Å². The lowest BCUT2D eigenvalue weighted by Gasteiger charge is -2.23. The van der Waals surface area contributed by atoms with Crippen LogP contribution < -0.4 is 10.6 Å². The highest BCUT2D eigenvalue weighted by Crippen LogP contribution is 2.15. The summed E-state index contributed by atoms with van der Waals surface area (Å²) in [7, 11) is 1.63. The monoisotopic (exact) mass is 252 g/mol. The SMILES string of the molecule is Cn1cc([N+](=O)[O-])cc1C(=O)NC1CCCNC1. The number of rotatable bonds is 3. The number of aromatic nitrogens is 1. The molecule has 0 radical (unpaired) electrons. The molecule has 2 rings (SSSR count). The fourth-order valence-electron chi connectivity index (χ4n) is 2.11. The highest BCUT2D eigenvalue weighted by atomic mass is 16.6. The molecule has 18 heavy (non-hydrogen) atoms. The molecule has 0 spiro atoms. The zero-order valence-corrected chi connectivity index (χ0v) is 10.2. The van der Waals surface area contributed by atoms with Crippen molar-refractivity contribution in [3.05, 3.63) is 28.1 Å². The van der Waals surface area contributed by atoms with Gasteiger partial charge in [0.1, 0.15) is 5.69 Å². The first-order valence-electron chi connectivity index (χ1n) is 5.90. The topological polar surface area (TPSA) is 89.2 Å². The third-order valence-corrected chi connectivity index (χ3v) is 3.07. The minimum atomic E-state index is -0.501. The van der Waals surface area contributed by atoms with E-state index < -0.39 is 4.92 Å². The zero-order valence-electron chi connectivity index (χ0n) is 10.2. The number of nitro groups is 1. The summed E-state index contributed by atoms with van der Waals surface area (Å²) in [6, 6.07) is 1.39. The van der Waals surface area contributed by atoms with E-state index in [-0.39, 0.29) is 17.6 Å². The van der Waals surface area contributed by atoms with Gasteiger partial charge in [-0.3, -0.25) is 14.9 Å². The molecule has 1 unspecified atom stereocenters. The van der Waals surface area contributed by atoms with Crippen molar-refractivity contribution in [2.75, 3.05) is 13.1 Å². The number of aryl methyl sites for hydroxylation is 1. The summed E-state index contributed by atoms with van der Waals surface area (Å²) in [6.07, 6.45) is 3.30. The van der Waals surface area contributed by atoms with Gasteiger partial charge in [0, 0.05) is 25.7 Å². The van der Waals surface area contributed by atoms with Gasteiger partial charge in [-0.1, -0.05) is 0 Å². The van der Waals surface area contributed by atoms with Crippen LogP contribution in [-0.4, -0.2) is 34.5 Å². The Kier molecular flexibility index (Phi) is 3.61. The van der Waals surface area contributed by atoms with Gasteiger partial charge in [-0.05, 0) is 19.4 Å². The van der Waals surface area contributed by atoms with Crippen molar-refractivity contribution in [1.29, 1.82) is 0 Å². The molecule has 1 aliphatic rings. The third-order valence-electron chi connectivity index (χ3n) is 3.07. The van der Waals surface area contributed by atoms with Gasteiger partial charge in [0.25, 0.3) is 11.6 Å². The Hall–Kier alpha value is -1.89. The van der Waals surface area contributed by atoms with Gasteiger partial charge in [0.15, 0.2) is 0 Å². The van der Waals surface area contributed by atoms with Gasteiger partial charge in [-0.2, -0.15) is 0 Å². The summed E-state index contributed by atoms with van der Waals surface area (Å²) in [5, 5.41) is 16.7. The molecule has 2 heterocycles. The van der Waals surface area contributed by atoms with Crippen LogP contribution in [0.3, 0.4) is 0 Å². The van der Waals surface area contributed by atoms with Crippen LogP contribution in [0.1, 0.15) is 23.3 Å². The Balaban J connectivity index is 2.06. The van der Waals surface area contributed by atoms with Gasteiger partial charge < -0.3 is 15.2 Å². The number of piperidine rings is 1. The van der Waals surface area contributed by atoms with E-state index in [9.17, 15) is 14.9 Å². The summed E-state index contributed by atoms with van der Waals surface area (Å²) in [5.74, 6) is -0.265. The lowest BCUT2D eigenvalue weighted by atomic mass is 10.1. The van der Waals surface area contributed by atoms with Crippen LogP contribution in [0.15, 0.2) is 12.3 Å². The Morgan fingerprint density at radius 2 is 2.44 bits per heavy atom. The van der Waals surface area contributed by atoms with Gasteiger partial charge >= 0.3 is 0 Å². The Bertz CT molecular complexity index is 463. The minimum Gasteiger partial charge on any atom is -0.347 e. The maximum absolute atomic E-state index is 12.0. The van der Waals surface area contributed by atoms with E-state index in [0.29, 0.717) is 5.69 Å². The highest BCUT2D eigenvalue weighted by Gasteiger charge is 2.21. The molecule has 1 saturated heterocycles. The molecule has 0 bridgehead atoms. The van der Waals surface area contributed by atoms with Crippen molar-refractivity contribution in [2.45, 2.75) is 18.9 Å². The van der Waals surface area contributed by atoms with Crippen molar-refractivity contribution in [3.8, 4) is 0 Å². The first-order chi connectivity index (χ1) is 8.58. The van der Waals surface area contributed by atoms with E-state index in [4.69, 9.17) is 0 Å². The number of carbonyl (C=O) groups is 1. The molecule has 1 aliphatic heterocycles. The highest BCUT2D eigenvalue weighted by molar-refractivity contribution is 5.93. The second-order valence-electron chi connectivity index (χ2n) is 4.47. The Morgan fingerprint density at radius 3 is 3.00 bits per heavy atom. The maximum atomic E-state index is 12.0. The normalized spacial score (nSPS) is 19.5. The van der Waals surface area contributed by atoms with Crippen molar-refractivity contribution in [3.63, 3.8) is 0 Å². The van der Waals surface area contributed by atoms with Gasteiger partial charge in [-0.25, -0.2) is 0 Å². The average molecular weight is 252 g/mol. The maximum Gasteiger partial charge on any atom is 0.287 e. The predicted molar refractivity (Wildman–Crippen MR) is 65.4 cm³/mol. The third kappa shape index (κ3) is 2.67. The van der Waals surface area contributed by atoms with Crippen LogP contribution in [0, 0.1) is 10.1 Å². The smallest absolute Gasteiger partial charge is 0.287 e. The fraction of sp³-hybridized carbons (Fsp3) is 0.545. The molecule has 0 saturated carbocycles. The van der Waals surface area contributed by atoms with Crippen molar-refractivity contribution < 1.29 is 9.72 Å². The average Bonchev–Trinajstić information content (AvgIpc) is 2.73. The molecule has 0 aliphatic carbocycles. The molecule has 0 aromatic carbocycles. The van der Waals surface area contributed by atoms with E-state index in [0.717, 1.165) is 25.9 Å². The summed E-state index contributed by atoms with van der Waals surface area (Å²) in [5.41, 5.74) is 0.247. The van der Waals surface area contributed by atoms with E-state index in [2.05, 4.69) is 10.6 Å². The molecule has 1 atom stereocenters. The Morgan fingerprint density at radius 1 is 1.67 bits per heavy atom. The first kappa shape index (κ1) is 12.6. The lowest BCUT2D eigenvalue weighted by Crippen LogP contribution is -2.45. The molecule has 1 aromatic rings. The number of amides is 1. The summed E-state index contributed by atoms with van der Waals surface area (Å²) in [6.45, 7) is 1.72. The number of hydrogen-bond acceptors (Lipinski definition) is 4. The number of hydrogen-bond donors (Lipinski definition) is 2. The van der Waals surface area contributed by atoms with Gasteiger partial charge in [0.2, 0.25) is 0 Å². The minimum absolute atomic E-state index is 0.0654. The molecular weight excluding hydrogens is 236 g/mol. The molecular formula is C11H16N4O3.